The molecule has 0 fully saturated rings. The molecule has 0 saturated heterocycles. The molecule has 0 unspecified atom stereocenters. The molecule has 0 saturated carbocycles. The summed E-state index contributed by atoms with van der Waals surface area (Å²) in [6.45, 7) is 0.605. The van der Waals surface area contributed by atoms with Crippen LogP contribution in [0.5, 0.6) is 0 Å². The van der Waals surface area contributed by atoms with Crippen molar-refractivity contribution >= 4 is 62.0 Å². The molecule has 5 nitrogen and oxygen atoms in total. The molecule has 0 amide bonds. The van der Waals surface area contributed by atoms with E-state index in [2.05, 4.69) is 15.6 Å². The highest BCUT2D eigenvalue weighted by Crippen LogP contribution is 2.37. The van der Waals surface area contributed by atoms with Gasteiger partial charge in [-0.1, -0.05) is 11.6 Å². The number of carbonyl (C=O) groups excluding carboxylic acids is 1. The number of benzene rings is 1. The summed E-state index contributed by atoms with van der Waals surface area (Å²) in [7, 11) is 1.34. The van der Waals surface area contributed by atoms with Crippen molar-refractivity contribution in [3.8, 4) is 0 Å². The lowest BCUT2D eigenvalue weighted by Gasteiger charge is -2.10. The van der Waals surface area contributed by atoms with Crippen molar-refractivity contribution in [3.05, 3.63) is 58.2 Å². The van der Waals surface area contributed by atoms with Crippen molar-refractivity contribution in [2.75, 3.05) is 12.4 Å². The van der Waals surface area contributed by atoms with E-state index in [0.717, 1.165) is 21.3 Å². The molecule has 3 rings (SSSR count). The Morgan fingerprint density at radius 1 is 1.32 bits per heavy atom. The Bertz CT molecular complexity index is 928. The molecule has 1 aromatic carbocycles. The summed E-state index contributed by atoms with van der Waals surface area (Å²) in [6.07, 6.45) is 3.47. The van der Waals surface area contributed by atoms with E-state index >= 15 is 0 Å². The first-order valence-electron chi connectivity index (χ1n) is 7.32. The Kier molecular flexibility index (Phi) is 5.47. The molecule has 0 radical (unpaired) electrons. The fourth-order valence-corrected chi connectivity index (χ4v) is 3.88. The van der Waals surface area contributed by atoms with Crippen molar-refractivity contribution in [3.63, 3.8) is 0 Å². The maximum absolute atomic E-state index is 11.7. The van der Waals surface area contributed by atoms with Crippen LogP contribution in [-0.2, 0) is 11.3 Å². The van der Waals surface area contributed by atoms with Crippen molar-refractivity contribution in [1.29, 1.82) is 0 Å². The van der Waals surface area contributed by atoms with Crippen LogP contribution in [-0.4, -0.2) is 23.2 Å². The number of thiophene rings is 1. The predicted octanol–water partition coefficient (Wildman–Crippen LogP) is 4.22. The Morgan fingerprint density at radius 2 is 2.08 bits per heavy atom. The normalized spacial score (nSPS) is 10.5. The zero-order valence-electron chi connectivity index (χ0n) is 13.2. The van der Waals surface area contributed by atoms with Gasteiger partial charge in [0.25, 0.3) is 0 Å². The van der Waals surface area contributed by atoms with E-state index in [1.807, 2.05) is 30.3 Å². The number of hydrogen-bond donors (Lipinski definition) is 2. The lowest BCUT2D eigenvalue weighted by atomic mass is 10.2. The molecule has 0 atom stereocenters. The van der Waals surface area contributed by atoms with Gasteiger partial charge in [0.05, 0.1) is 12.1 Å². The van der Waals surface area contributed by atoms with E-state index < -0.39 is 5.97 Å². The van der Waals surface area contributed by atoms with Crippen LogP contribution in [0, 0.1) is 0 Å². The van der Waals surface area contributed by atoms with Gasteiger partial charge in [-0.15, -0.1) is 11.3 Å². The molecule has 0 aliphatic rings. The highest BCUT2D eigenvalue weighted by Gasteiger charge is 2.17. The van der Waals surface area contributed by atoms with Gasteiger partial charge >= 0.3 is 5.97 Å². The Morgan fingerprint density at radius 3 is 2.80 bits per heavy atom. The second kappa shape index (κ2) is 7.77. The summed E-state index contributed by atoms with van der Waals surface area (Å²) in [5.41, 5.74) is 1.90. The average molecular weight is 392 g/mol. The number of thiocarbonyl (C=S) groups is 1. The largest absolute Gasteiger partial charge is 0.465 e. The van der Waals surface area contributed by atoms with Crippen LogP contribution in [0.3, 0.4) is 0 Å². The average Bonchev–Trinajstić information content (AvgIpc) is 2.96. The standard InChI is InChI=1S/C17H14ClN3O2S2/c1-23-16(22)15-14(18)12-3-2-11(8-13(12)25-15)21-17(24)20-9-10-4-6-19-7-5-10/h2-8H,9H2,1H3,(H2,20,21,24). The van der Waals surface area contributed by atoms with Crippen LogP contribution in [0.2, 0.25) is 5.02 Å². The highest BCUT2D eigenvalue weighted by molar-refractivity contribution is 7.80. The number of nitrogens with one attached hydrogen (secondary N) is 2. The van der Waals surface area contributed by atoms with Crippen molar-refractivity contribution in [1.82, 2.24) is 10.3 Å². The molecule has 8 heteroatoms. The van der Waals surface area contributed by atoms with E-state index in [1.165, 1.54) is 18.4 Å². The van der Waals surface area contributed by atoms with Gasteiger partial charge in [0.15, 0.2) is 5.11 Å². The van der Waals surface area contributed by atoms with Gasteiger partial charge in [-0.2, -0.15) is 0 Å². The van der Waals surface area contributed by atoms with Crippen LogP contribution in [0.1, 0.15) is 15.2 Å². The van der Waals surface area contributed by atoms with Crippen LogP contribution in [0.25, 0.3) is 10.1 Å². The van der Waals surface area contributed by atoms with Gasteiger partial charge in [-0.25, -0.2) is 4.79 Å². The number of pyridine rings is 1. The summed E-state index contributed by atoms with van der Waals surface area (Å²) in [6, 6.07) is 9.46. The van der Waals surface area contributed by atoms with Gasteiger partial charge < -0.3 is 15.4 Å². The lowest BCUT2D eigenvalue weighted by molar-refractivity contribution is 0.0606. The molecule has 2 aromatic heterocycles. The molecule has 2 heterocycles. The van der Waals surface area contributed by atoms with Crippen molar-refractivity contribution in [2.24, 2.45) is 0 Å². The number of anilines is 1. The SMILES string of the molecule is COC(=O)c1sc2cc(NC(=S)NCc3ccncc3)ccc2c1Cl. The number of nitrogens with zero attached hydrogens (tertiary/aromatic N) is 1. The molecule has 3 aromatic rings. The molecule has 0 spiro atoms. The molecule has 25 heavy (non-hydrogen) atoms. The highest BCUT2D eigenvalue weighted by atomic mass is 35.5. The van der Waals surface area contributed by atoms with Crippen LogP contribution < -0.4 is 10.6 Å². The first-order chi connectivity index (χ1) is 12.1. The van der Waals surface area contributed by atoms with E-state index in [1.54, 1.807) is 12.4 Å². The molecule has 0 aliphatic heterocycles. The molecular weight excluding hydrogens is 378 g/mol. The molecule has 2 N–H and O–H groups in total. The lowest BCUT2D eigenvalue weighted by Crippen LogP contribution is -2.27. The molecule has 0 bridgehead atoms. The van der Waals surface area contributed by atoms with Crippen LogP contribution in [0.4, 0.5) is 5.69 Å². The van der Waals surface area contributed by atoms with Crippen molar-refractivity contribution < 1.29 is 9.53 Å². The number of ether oxygens (including phenoxy) is 1. The number of methoxy groups -OCH3 is 1. The quantitative estimate of drug-likeness (QED) is 0.512. The maximum Gasteiger partial charge on any atom is 0.349 e. The third kappa shape index (κ3) is 4.07. The third-order valence-electron chi connectivity index (χ3n) is 3.46. The van der Waals surface area contributed by atoms with E-state index in [0.29, 0.717) is 21.6 Å². The predicted molar refractivity (Wildman–Crippen MR) is 105 cm³/mol. The smallest absolute Gasteiger partial charge is 0.349 e. The minimum absolute atomic E-state index is 0.398. The Labute approximate surface area is 159 Å². The minimum atomic E-state index is -0.435. The second-order valence-electron chi connectivity index (χ2n) is 5.11. The van der Waals surface area contributed by atoms with Gasteiger partial charge in [-0.3, -0.25) is 4.98 Å². The number of hydrogen-bond acceptors (Lipinski definition) is 5. The summed E-state index contributed by atoms with van der Waals surface area (Å²) in [5, 5.41) is 8.00. The first-order valence-corrected chi connectivity index (χ1v) is 8.93. The fraction of sp³-hybridized carbons (Fsp3) is 0.118. The third-order valence-corrected chi connectivity index (χ3v) is 5.34. The second-order valence-corrected chi connectivity index (χ2v) is 6.95. The number of fused-ring (bicyclic) bond motifs is 1. The zero-order valence-corrected chi connectivity index (χ0v) is 15.6. The van der Waals surface area contributed by atoms with E-state index in [-0.39, 0.29) is 0 Å². The Hall–Kier alpha value is -2.22. The summed E-state index contributed by atoms with van der Waals surface area (Å²) < 4.78 is 5.63. The number of aromatic nitrogens is 1. The number of carbonyl (C=O) groups is 1. The molecular formula is C17H14ClN3O2S2. The van der Waals surface area contributed by atoms with Gasteiger partial charge in [0.2, 0.25) is 0 Å². The van der Waals surface area contributed by atoms with Gasteiger partial charge in [0.1, 0.15) is 4.88 Å². The van der Waals surface area contributed by atoms with Gasteiger partial charge in [0, 0.05) is 34.7 Å². The summed E-state index contributed by atoms with van der Waals surface area (Å²) in [5.74, 6) is -0.435. The first kappa shape index (κ1) is 17.6. The maximum atomic E-state index is 11.7. The number of rotatable bonds is 4. The zero-order chi connectivity index (χ0) is 17.8. The molecule has 0 aliphatic carbocycles. The van der Waals surface area contributed by atoms with Crippen molar-refractivity contribution in [2.45, 2.75) is 6.54 Å². The van der Waals surface area contributed by atoms with Gasteiger partial charge in [-0.05, 0) is 48.1 Å². The monoisotopic (exact) mass is 391 g/mol. The molecule has 128 valence electrons. The summed E-state index contributed by atoms with van der Waals surface area (Å²) >= 11 is 12.9. The number of halogens is 1. The fourth-order valence-electron chi connectivity index (χ4n) is 2.23. The Balaban J connectivity index is 1.71. The minimum Gasteiger partial charge on any atom is -0.465 e. The van der Waals surface area contributed by atoms with Crippen LogP contribution in [0.15, 0.2) is 42.7 Å². The van der Waals surface area contributed by atoms with Crippen LogP contribution >= 0.6 is 35.2 Å². The topological polar surface area (TPSA) is 63.2 Å². The van der Waals surface area contributed by atoms with E-state index in [4.69, 9.17) is 28.6 Å². The summed E-state index contributed by atoms with van der Waals surface area (Å²) in [4.78, 5) is 16.1. The van der Waals surface area contributed by atoms with E-state index in [9.17, 15) is 4.79 Å². The number of esters is 1.